The van der Waals surface area contributed by atoms with Gasteiger partial charge in [-0.3, -0.25) is 4.90 Å². The Morgan fingerprint density at radius 1 is 1.29 bits per heavy atom. The SMILES string of the molecule is COCCCNCCN1CCC(OC)CC1C. The van der Waals surface area contributed by atoms with Crippen LogP contribution in [0.2, 0.25) is 0 Å². The number of likely N-dealkylation sites (tertiary alicyclic amines) is 1. The lowest BCUT2D eigenvalue weighted by Gasteiger charge is -2.37. The molecule has 4 nitrogen and oxygen atoms in total. The molecule has 17 heavy (non-hydrogen) atoms. The molecule has 102 valence electrons. The Labute approximate surface area is 106 Å². The molecule has 0 radical (unpaired) electrons. The molecule has 0 aromatic carbocycles. The van der Waals surface area contributed by atoms with Crippen molar-refractivity contribution in [3.63, 3.8) is 0 Å². The van der Waals surface area contributed by atoms with E-state index in [2.05, 4.69) is 17.1 Å². The minimum absolute atomic E-state index is 0.468. The second kappa shape index (κ2) is 8.86. The summed E-state index contributed by atoms with van der Waals surface area (Å²) in [5.41, 5.74) is 0. The lowest BCUT2D eigenvalue weighted by atomic mass is 10.0. The van der Waals surface area contributed by atoms with Gasteiger partial charge in [0.1, 0.15) is 0 Å². The Balaban J connectivity index is 2.03. The zero-order valence-corrected chi connectivity index (χ0v) is 11.6. The second-order valence-electron chi connectivity index (χ2n) is 4.86. The molecule has 1 heterocycles. The summed E-state index contributed by atoms with van der Waals surface area (Å²) in [6.07, 6.45) is 3.90. The van der Waals surface area contributed by atoms with Crippen LogP contribution in [0.15, 0.2) is 0 Å². The Kier molecular flexibility index (Phi) is 7.77. The molecule has 0 amide bonds. The Morgan fingerprint density at radius 3 is 2.76 bits per heavy atom. The first-order chi connectivity index (χ1) is 8.27. The predicted molar refractivity (Wildman–Crippen MR) is 70.4 cm³/mol. The molecular weight excluding hydrogens is 216 g/mol. The van der Waals surface area contributed by atoms with Crippen molar-refractivity contribution in [3.05, 3.63) is 0 Å². The van der Waals surface area contributed by atoms with E-state index < -0.39 is 0 Å². The van der Waals surface area contributed by atoms with Crippen LogP contribution in [0.4, 0.5) is 0 Å². The monoisotopic (exact) mass is 244 g/mol. The molecule has 1 fully saturated rings. The molecular formula is C13H28N2O2. The van der Waals surface area contributed by atoms with Crippen LogP contribution in [0.1, 0.15) is 26.2 Å². The van der Waals surface area contributed by atoms with Crippen molar-refractivity contribution >= 4 is 0 Å². The Hall–Kier alpha value is -0.160. The van der Waals surface area contributed by atoms with Gasteiger partial charge in [0.05, 0.1) is 6.10 Å². The summed E-state index contributed by atoms with van der Waals surface area (Å²) in [6.45, 7) is 7.59. The van der Waals surface area contributed by atoms with Crippen LogP contribution in [-0.4, -0.2) is 64.1 Å². The third kappa shape index (κ3) is 5.82. The fraction of sp³-hybridized carbons (Fsp3) is 1.00. The summed E-state index contributed by atoms with van der Waals surface area (Å²) in [5.74, 6) is 0. The molecule has 0 aromatic heterocycles. The Morgan fingerprint density at radius 2 is 2.12 bits per heavy atom. The van der Waals surface area contributed by atoms with Crippen LogP contribution in [0.3, 0.4) is 0 Å². The average Bonchev–Trinajstić information content (AvgIpc) is 2.35. The maximum atomic E-state index is 5.42. The number of hydrogen-bond acceptors (Lipinski definition) is 4. The highest BCUT2D eigenvalue weighted by atomic mass is 16.5. The number of nitrogens with one attached hydrogen (secondary N) is 1. The van der Waals surface area contributed by atoms with Gasteiger partial charge in [0.25, 0.3) is 0 Å². The van der Waals surface area contributed by atoms with E-state index in [1.54, 1.807) is 7.11 Å². The maximum absolute atomic E-state index is 5.42. The Bertz CT molecular complexity index is 190. The fourth-order valence-corrected chi connectivity index (χ4v) is 2.41. The molecule has 0 aliphatic carbocycles. The standard InChI is InChI=1S/C13H28N2O2/c1-12-11-13(17-3)5-8-15(12)9-7-14-6-4-10-16-2/h12-14H,4-11H2,1-3H3. The van der Waals surface area contributed by atoms with E-state index in [1.165, 1.54) is 19.4 Å². The number of hydrogen-bond donors (Lipinski definition) is 1. The number of nitrogens with zero attached hydrogens (tertiary/aromatic N) is 1. The van der Waals surface area contributed by atoms with Crippen LogP contribution in [-0.2, 0) is 9.47 Å². The molecule has 1 N–H and O–H groups in total. The van der Waals surface area contributed by atoms with Gasteiger partial charge in [-0.1, -0.05) is 0 Å². The molecule has 0 aromatic rings. The molecule has 1 saturated heterocycles. The second-order valence-corrected chi connectivity index (χ2v) is 4.86. The maximum Gasteiger partial charge on any atom is 0.0598 e. The van der Waals surface area contributed by atoms with Gasteiger partial charge in [-0.25, -0.2) is 0 Å². The predicted octanol–water partition coefficient (Wildman–Crippen LogP) is 1.11. The first-order valence-electron chi connectivity index (χ1n) is 6.74. The van der Waals surface area contributed by atoms with Gasteiger partial charge in [0, 0.05) is 46.5 Å². The number of rotatable bonds is 8. The number of piperidine rings is 1. The van der Waals surface area contributed by atoms with Crippen molar-refractivity contribution in [2.45, 2.75) is 38.3 Å². The number of methoxy groups -OCH3 is 2. The van der Waals surface area contributed by atoms with Crippen LogP contribution in [0.25, 0.3) is 0 Å². The summed E-state index contributed by atoms with van der Waals surface area (Å²) < 4.78 is 10.4. The third-order valence-corrected chi connectivity index (χ3v) is 3.58. The van der Waals surface area contributed by atoms with Gasteiger partial charge < -0.3 is 14.8 Å². The van der Waals surface area contributed by atoms with Crippen molar-refractivity contribution in [2.24, 2.45) is 0 Å². The van der Waals surface area contributed by atoms with Crippen molar-refractivity contribution in [2.75, 3.05) is 47.0 Å². The third-order valence-electron chi connectivity index (χ3n) is 3.58. The minimum Gasteiger partial charge on any atom is -0.385 e. The largest absolute Gasteiger partial charge is 0.385 e. The van der Waals surface area contributed by atoms with Crippen molar-refractivity contribution < 1.29 is 9.47 Å². The van der Waals surface area contributed by atoms with Gasteiger partial charge in [0.2, 0.25) is 0 Å². The van der Waals surface area contributed by atoms with E-state index in [0.29, 0.717) is 12.1 Å². The first-order valence-corrected chi connectivity index (χ1v) is 6.74. The van der Waals surface area contributed by atoms with E-state index in [4.69, 9.17) is 9.47 Å². The van der Waals surface area contributed by atoms with Gasteiger partial charge in [-0.05, 0) is 32.7 Å². The fourth-order valence-electron chi connectivity index (χ4n) is 2.41. The average molecular weight is 244 g/mol. The molecule has 0 bridgehead atoms. The molecule has 1 aliphatic rings. The highest BCUT2D eigenvalue weighted by molar-refractivity contribution is 4.79. The summed E-state index contributed by atoms with van der Waals surface area (Å²) in [7, 11) is 3.58. The van der Waals surface area contributed by atoms with Gasteiger partial charge in [-0.2, -0.15) is 0 Å². The minimum atomic E-state index is 0.468. The summed E-state index contributed by atoms with van der Waals surface area (Å²) in [6, 6.07) is 0.648. The highest BCUT2D eigenvalue weighted by Gasteiger charge is 2.24. The molecule has 2 unspecified atom stereocenters. The van der Waals surface area contributed by atoms with Gasteiger partial charge in [0.15, 0.2) is 0 Å². The summed E-state index contributed by atoms with van der Waals surface area (Å²) in [4.78, 5) is 2.55. The zero-order chi connectivity index (χ0) is 12.5. The van der Waals surface area contributed by atoms with Gasteiger partial charge in [-0.15, -0.1) is 0 Å². The van der Waals surface area contributed by atoms with E-state index >= 15 is 0 Å². The van der Waals surface area contributed by atoms with Crippen LogP contribution < -0.4 is 5.32 Å². The first kappa shape index (κ1) is 14.9. The highest BCUT2D eigenvalue weighted by Crippen LogP contribution is 2.18. The van der Waals surface area contributed by atoms with Crippen LogP contribution in [0, 0.1) is 0 Å². The molecule has 1 aliphatic heterocycles. The summed E-state index contributed by atoms with van der Waals surface area (Å²) >= 11 is 0. The van der Waals surface area contributed by atoms with E-state index in [1.807, 2.05) is 7.11 Å². The van der Waals surface area contributed by atoms with Gasteiger partial charge >= 0.3 is 0 Å². The lowest BCUT2D eigenvalue weighted by molar-refractivity contribution is 0.0165. The van der Waals surface area contributed by atoms with Crippen LogP contribution in [0.5, 0.6) is 0 Å². The van der Waals surface area contributed by atoms with E-state index in [-0.39, 0.29) is 0 Å². The zero-order valence-electron chi connectivity index (χ0n) is 11.6. The van der Waals surface area contributed by atoms with Crippen molar-refractivity contribution in [1.29, 1.82) is 0 Å². The smallest absolute Gasteiger partial charge is 0.0598 e. The van der Waals surface area contributed by atoms with Crippen molar-refractivity contribution in [3.8, 4) is 0 Å². The summed E-state index contributed by atoms with van der Waals surface area (Å²) in [5, 5.41) is 3.46. The van der Waals surface area contributed by atoms with E-state index in [0.717, 1.165) is 32.7 Å². The normalized spacial score (nSPS) is 26.3. The lowest BCUT2D eigenvalue weighted by Crippen LogP contribution is -2.45. The quantitative estimate of drug-likeness (QED) is 0.649. The van der Waals surface area contributed by atoms with E-state index in [9.17, 15) is 0 Å². The number of ether oxygens (including phenoxy) is 2. The molecule has 0 spiro atoms. The molecule has 2 atom stereocenters. The molecule has 0 saturated carbocycles. The topological polar surface area (TPSA) is 33.7 Å². The molecule has 1 rings (SSSR count). The van der Waals surface area contributed by atoms with Crippen LogP contribution >= 0.6 is 0 Å². The molecule has 4 heteroatoms. The van der Waals surface area contributed by atoms with Crippen molar-refractivity contribution in [1.82, 2.24) is 10.2 Å².